The van der Waals surface area contributed by atoms with Crippen molar-refractivity contribution in [2.24, 2.45) is 0 Å². The molecule has 0 saturated heterocycles. The predicted octanol–water partition coefficient (Wildman–Crippen LogP) is 5.30. The van der Waals surface area contributed by atoms with Crippen molar-refractivity contribution in [3.8, 4) is 0 Å². The molecule has 0 aromatic rings. The highest BCUT2D eigenvalue weighted by Gasteiger charge is 1.90. The van der Waals surface area contributed by atoms with E-state index in [-0.39, 0.29) is 0 Å². The number of hydrogen-bond donors (Lipinski definition) is 0. The van der Waals surface area contributed by atoms with E-state index in [4.69, 9.17) is 21.1 Å². The van der Waals surface area contributed by atoms with Crippen LogP contribution in [-0.4, -0.2) is 25.9 Å². The molecule has 0 bridgehead atoms. The molecule has 0 unspecified atom stereocenters. The van der Waals surface area contributed by atoms with E-state index in [1.165, 1.54) is 44.9 Å². The molecule has 0 atom stereocenters. The molecule has 0 aliphatic rings. The first-order valence-corrected chi connectivity index (χ1v) is 8.31. The van der Waals surface area contributed by atoms with Gasteiger partial charge in [-0.3, -0.25) is 0 Å². The monoisotopic (exact) mass is 290 g/mol. The van der Waals surface area contributed by atoms with Crippen LogP contribution in [-0.2, 0) is 9.47 Å². The third kappa shape index (κ3) is 17.9. The summed E-state index contributed by atoms with van der Waals surface area (Å²) in [7, 11) is 0. The van der Waals surface area contributed by atoms with Crippen LogP contribution in [0.25, 0.3) is 0 Å². The van der Waals surface area contributed by atoms with E-state index >= 15 is 0 Å². The van der Waals surface area contributed by atoms with Crippen LogP contribution in [0.2, 0.25) is 0 Å². The second-order valence-electron chi connectivity index (χ2n) is 4.79. The standard InChI is InChI=1S/C16H31ClO2/c1-2-14-18-16-19-15-12-10-8-6-4-3-5-7-9-11-13-17/h8,10H,2-7,9,11-16H2,1H3. The van der Waals surface area contributed by atoms with Crippen LogP contribution in [0, 0.1) is 0 Å². The highest BCUT2D eigenvalue weighted by molar-refractivity contribution is 6.17. The summed E-state index contributed by atoms with van der Waals surface area (Å²) in [4.78, 5) is 0. The van der Waals surface area contributed by atoms with Crippen molar-refractivity contribution >= 4 is 11.6 Å². The van der Waals surface area contributed by atoms with Gasteiger partial charge in [-0.15, -0.1) is 11.6 Å². The number of allylic oxidation sites excluding steroid dienone is 1. The number of unbranched alkanes of at least 4 members (excludes halogenated alkanes) is 6. The summed E-state index contributed by atoms with van der Waals surface area (Å²) in [6.07, 6.45) is 15.5. The van der Waals surface area contributed by atoms with E-state index in [0.29, 0.717) is 6.79 Å². The maximum atomic E-state index is 5.63. The summed E-state index contributed by atoms with van der Waals surface area (Å²) < 4.78 is 10.6. The lowest BCUT2D eigenvalue weighted by atomic mass is 10.1. The third-order valence-electron chi connectivity index (χ3n) is 2.87. The minimum absolute atomic E-state index is 0.435. The topological polar surface area (TPSA) is 18.5 Å². The second kappa shape index (κ2) is 17.9. The van der Waals surface area contributed by atoms with E-state index in [1.54, 1.807) is 0 Å². The van der Waals surface area contributed by atoms with E-state index < -0.39 is 0 Å². The van der Waals surface area contributed by atoms with Crippen molar-refractivity contribution in [1.29, 1.82) is 0 Å². The van der Waals surface area contributed by atoms with Crippen LogP contribution >= 0.6 is 11.6 Å². The van der Waals surface area contributed by atoms with Gasteiger partial charge in [-0.25, -0.2) is 0 Å². The Morgan fingerprint density at radius 2 is 1.42 bits per heavy atom. The van der Waals surface area contributed by atoms with Crippen LogP contribution in [0.4, 0.5) is 0 Å². The molecule has 0 amide bonds. The predicted molar refractivity (Wildman–Crippen MR) is 83.9 cm³/mol. The second-order valence-corrected chi connectivity index (χ2v) is 5.17. The van der Waals surface area contributed by atoms with E-state index in [0.717, 1.165) is 31.9 Å². The average Bonchev–Trinajstić information content (AvgIpc) is 2.43. The molecule has 0 aromatic carbocycles. The molecule has 0 spiro atoms. The molecule has 19 heavy (non-hydrogen) atoms. The largest absolute Gasteiger partial charge is 0.355 e. The van der Waals surface area contributed by atoms with Gasteiger partial charge in [0.15, 0.2) is 0 Å². The van der Waals surface area contributed by atoms with Gasteiger partial charge in [-0.2, -0.15) is 0 Å². The zero-order valence-corrected chi connectivity index (χ0v) is 13.3. The van der Waals surface area contributed by atoms with Gasteiger partial charge < -0.3 is 9.47 Å². The van der Waals surface area contributed by atoms with Gasteiger partial charge in [-0.05, 0) is 32.1 Å². The van der Waals surface area contributed by atoms with Crippen molar-refractivity contribution < 1.29 is 9.47 Å². The fourth-order valence-corrected chi connectivity index (χ4v) is 1.96. The molecular weight excluding hydrogens is 260 g/mol. The summed E-state index contributed by atoms with van der Waals surface area (Å²) in [6.45, 7) is 4.09. The number of hydrogen-bond acceptors (Lipinski definition) is 2. The normalized spacial score (nSPS) is 11.5. The quantitative estimate of drug-likeness (QED) is 0.176. The zero-order valence-electron chi connectivity index (χ0n) is 12.5. The number of ether oxygens (including phenoxy) is 2. The van der Waals surface area contributed by atoms with Gasteiger partial charge in [0.25, 0.3) is 0 Å². The maximum absolute atomic E-state index is 5.63. The smallest absolute Gasteiger partial charge is 0.146 e. The Hall–Kier alpha value is -0.0500. The number of alkyl halides is 1. The molecule has 3 heteroatoms. The SMILES string of the molecule is CCCOCOCCC=CCCCCCCCCCl. The third-order valence-corrected chi connectivity index (χ3v) is 3.13. The molecule has 0 saturated carbocycles. The van der Waals surface area contributed by atoms with Gasteiger partial charge in [0.1, 0.15) is 6.79 Å². The lowest BCUT2D eigenvalue weighted by molar-refractivity contribution is -0.0519. The molecule has 0 aromatic heterocycles. The summed E-state index contributed by atoms with van der Waals surface area (Å²) in [5.74, 6) is 0.814. The molecule has 0 heterocycles. The van der Waals surface area contributed by atoms with Crippen molar-refractivity contribution in [2.75, 3.05) is 25.9 Å². The van der Waals surface area contributed by atoms with Gasteiger partial charge in [-0.1, -0.05) is 44.8 Å². The molecule has 0 radical (unpaired) electrons. The fraction of sp³-hybridized carbons (Fsp3) is 0.875. The molecule has 0 aliphatic carbocycles. The van der Waals surface area contributed by atoms with Crippen LogP contribution in [0.1, 0.15) is 64.7 Å². The number of rotatable bonds is 15. The molecule has 0 fully saturated rings. The molecule has 114 valence electrons. The minimum Gasteiger partial charge on any atom is -0.355 e. The van der Waals surface area contributed by atoms with Crippen molar-refractivity contribution in [3.63, 3.8) is 0 Å². The molecule has 0 rings (SSSR count). The Morgan fingerprint density at radius 1 is 0.789 bits per heavy atom. The highest BCUT2D eigenvalue weighted by atomic mass is 35.5. The summed E-state index contributed by atoms with van der Waals surface area (Å²) in [5.41, 5.74) is 0. The average molecular weight is 291 g/mol. The Kier molecular flexibility index (Phi) is 17.9. The minimum atomic E-state index is 0.435. The Balaban J connectivity index is 3.01. The van der Waals surface area contributed by atoms with Crippen LogP contribution in [0.3, 0.4) is 0 Å². The Labute approximate surface area is 124 Å². The van der Waals surface area contributed by atoms with Gasteiger partial charge in [0.05, 0.1) is 6.61 Å². The van der Waals surface area contributed by atoms with Crippen molar-refractivity contribution in [3.05, 3.63) is 12.2 Å². The van der Waals surface area contributed by atoms with Gasteiger partial charge in [0.2, 0.25) is 0 Å². The Morgan fingerprint density at radius 3 is 2.16 bits per heavy atom. The summed E-state index contributed by atoms with van der Waals surface area (Å²) in [5, 5.41) is 0. The fourth-order valence-electron chi connectivity index (χ4n) is 1.77. The zero-order chi connectivity index (χ0) is 14.0. The van der Waals surface area contributed by atoms with Crippen LogP contribution < -0.4 is 0 Å². The van der Waals surface area contributed by atoms with E-state index in [1.807, 2.05) is 0 Å². The van der Waals surface area contributed by atoms with Gasteiger partial charge in [0, 0.05) is 12.5 Å². The number of halogens is 1. The first-order valence-electron chi connectivity index (χ1n) is 7.78. The van der Waals surface area contributed by atoms with E-state index in [2.05, 4.69) is 19.1 Å². The Bertz CT molecular complexity index is 184. The van der Waals surface area contributed by atoms with Crippen molar-refractivity contribution in [2.45, 2.75) is 64.7 Å². The van der Waals surface area contributed by atoms with Crippen LogP contribution in [0.5, 0.6) is 0 Å². The molecule has 0 aliphatic heterocycles. The molecule has 2 nitrogen and oxygen atoms in total. The lowest BCUT2D eigenvalue weighted by Gasteiger charge is -2.02. The van der Waals surface area contributed by atoms with Gasteiger partial charge >= 0.3 is 0 Å². The van der Waals surface area contributed by atoms with Crippen molar-refractivity contribution in [1.82, 2.24) is 0 Å². The first-order chi connectivity index (χ1) is 9.41. The molecular formula is C16H31ClO2. The maximum Gasteiger partial charge on any atom is 0.146 e. The van der Waals surface area contributed by atoms with E-state index in [9.17, 15) is 0 Å². The van der Waals surface area contributed by atoms with Crippen LogP contribution in [0.15, 0.2) is 12.2 Å². The summed E-state index contributed by atoms with van der Waals surface area (Å²) >= 11 is 5.63. The highest BCUT2D eigenvalue weighted by Crippen LogP contribution is 2.08. The first kappa shape index (κ1) is 18.9. The lowest BCUT2D eigenvalue weighted by Crippen LogP contribution is -2.01. The summed E-state index contributed by atoms with van der Waals surface area (Å²) in [6, 6.07) is 0. The molecule has 0 N–H and O–H groups in total.